The number of nitrogens with one attached hydrogen (secondary N) is 2. The normalized spacial score (nSPS) is 27.0. The Kier molecular flexibility index (Phi) is 3.93. The van der Waals surface area contributed by atoms with Gasteiger partial charge >= 0.3 is 0 Å². The number of hydrogen-bond acceptors (Lipinski definition) is 7. The minimum atomic E-state index is -2.79. The number of hydrogen-bond donors (Lipinski definition) is 4. The first kappa shape index (κ1) is 13.2. The van der Waals surface area contributed by atoms with Crippen LogP contribution in [0.1, 0.15) is 0 Å². The molecule has 0 aromatic carbocycles. The fraction of sp³-hybridized carbons (Fsp3) is 1.00. The summed E-state index contributed by atoms with van der Waals surface area (Å²) in [6.45, 7) is 0. The zero-order valence-corrected chi connectivity index (χ0v) is 11.8. The van der Waals surface area contributed by atoms with Crippen LogP contribution in [0.25, 0.3) is 0 Å². The Bertz CT molecular complexity index is 372. The highest BCUT2D eigenvalue weighted by molar-refractivity contribution is 8.13. The highest BCUT2D eigenvalue weighted by atomic mass is 35.9. The molecule has 1 aliphatic rings. The summed E-state index contributed by atoms with van der Waals surface area (Å²) in [5, 5.41) is 5.82. The third kappa shape index (κ3) is 3.05. The third-order valence-corrected chi connectivity index (χ3v) is 11.2. The van der Waals surface area contributed by atoms with Crippen LogP contribution in [0.5, 0.6) is 0 Å². The largest absolute Gasteiger partial charge is 0.267 e. The van der Waals surface area contributed by atoms with Crippen molar-refractivity contribution < 1.29 is 0 Å². The molecular formula is C2H12Cl2N7P3. The van der Waals surface area contributed by atoms with E-state index in [0.29, 0.717) is 0 Å². The molecule has 84 valence electrons. The van der Waals surface area contributed by atoms with Crippen LogP contribution in [0.4, 0.5) is 0 Å². The van der Waals surface area contributed by atoms with Crippen LogP contribution in [-0.4, -0.2) is 14.1 Å². The van der Waals surface area contributed by atoms with E-state index in [1.165, 1.54) is 0 Å². The van der Waals surface area contributed by atoms with Crippen molar-refractivity contribution in [1.82, 2.24) is 10.2 Å². The van der Waals surface area contributed by atoms with Crippen LogP contribution < -0.4 is 21.2 Å². The van der Waals surface area contributed by atoms with Crippen molar-refractivity contribution >= 4 is 43.4 Å². The van der Waals surface area contributed by atoms with E-state index in [0.717, 1.165) is 0 Å². The van der Waals surface area contributed by atoms with Crippen molar-refractivity contribution in [1.29, 1.82) is 0 Å². The molecule has 0 unspecified atom stereocenters. The SMILES string of the molecule is CNP1(NC)=NP(Cl)(Cl)=NP(N)(N)=N1. The summed E-state index contributed by atoms with van der Waals surface area (Å²) in [6, 6.07) is 0. The Morgan fingerprint density at radius 2 is 1.50 bits per heavy atom. The molecule has 6 N–H and O–H groups in total. The van der Waals surface area contributed by atoms with Crippen LogP contribution in [-0.2, 0) is 0 Å². The van der Waals surface area contributed by atoms with Crippen molar-refractivity contribution in [3.63, 3.8) is 0 Å². The number of nitrogens with zero attached hydrogens (tertiary/aromatic N) is 3. The standard InChI is InChI=1S/C2H12Cl2N7P3/c1-7-14(8-2)10-12(3,4)9-13(5,6)11-14/h7-8H,5-6H2,1-2H3. The van der Waals surface area contributed by atoms with Crippen LogP contribution >= 0.6 is 43.4 Å². The van der Waals surface area contributed by atoms with Gasteiger partial charge in [-0.3, -0.25) is 21.2 Å². The van der Waals surface area contributed by atoms with Gasteiger partial charge in [0.15, 0.2) is 0 Å². The molecule has 12 heteroatoms. The van der Waals surface area contributed by atoms with Gasteiger partial charge in [0.25, 0.3) is 5.91 Å². The molecular weight excluding hydrogens is 286 g/mol. The van der Waals surface area contributed by atoms with Crippen molar-refractivity contribution in [2.24, 2.45) is 24.6 Å². The Morgan fingerprint density at radius 3 is 1.86 bits per heavy atom. The Labute approximate surface area is 92.4 Å². The third-order valence-electron chi connectivity index (χ3n) is 1.38. The van der Waals surface area contributed by atoms with Gasteiger partial charge in [-0.15, -0.1) is 0 Å². The van der Waals surface area contributed by atoms with Crippen molar-refractivity contribution in [2.45, 2.75) is 0 Å². The molecule has 0 spiro atoms. The van der Waals surface area contributed by atoms with Crippen molar-refractivity contribution in [3.05, 3.63) is 0 Å². The average molecular weight is 298 g/mol. The summed E-state index contributed by atoms with van der Waals surface area (Å²) in [5.74, 6) is -2.79. The second kappa shape index (κ2) is 4.17. The van der Waals surface area contributed by atoms with Gasteiger partial charge in [-0.2, -0.15) is 13.5 Å². The maximum Gasteiger partial charge on any atom is 0.257 e. The summed E-state index contributed by atoms with van der Waals surface area (Å²) in [5.41, 5.74) is 11.4. The van der Waals surface area contributed by atoms with Crippen LogP contribution in [0, 0.1) is 0 Å². The summed E-state index contributed by atoms with van der Waals surface area (Å²) in [7, 11) is -1.72. The van der Waals surface area contributed by atoms with Gasteiger partial charge in [-0.05, 0) is 36.6 Å². The molecule has 1 heterocycles. The minimum Gasteiger partial charge on any atom is -0.267 e. The van der Waals surface area contributed by atoms with E-state index < -0.39 is 20.9 Å². The van der Waals surface area contributed by atoms with Gasteiger partial charge in [0, 0.05) is 0 Å². The molecule has 1 rings (SSSR count). The molecule has 0 saturated carbocycles. The van der Waals surface area contributed by atoms with Gasteiger partial charge < -0.3 is 0 Å². The van der Waals surface area contributed by atoms with E-state index in [4.69, 9.17) is 33.5 Å². The Balaban J connectivity index is 3.46. The summed E-state index contributed by atoms with van der Waals surface area (Å²) < 4.78 is 12.2. The average Bonchev–Trinajstić information content (AvgIpc) is 1.98. The molecule has 0 amide bonds. The second-order valence-corrected chi connectivity index (χ2v) is 12.4. The summed E-state index contributed by atoms with van der Waals surface area (Å²) >= 11 is 11.8. The van der Waals surface area contributed by atoms with Gasteiger partial charge in [0.1, 0.15) is 0 Å². The van der Waals surface area contributed by atoms with E-state index in [-0.39, 0.29) is 0 Å². The van der Waals surface area contributed by atoms with Gasteiger partial charge in [-0.25, -0.2) is 0 Å². The molecule has 0 radical (unpaired) electrons. The molecule has 0 aromatic heterocycles. The molecule has 0 aliphatic carbocycles. The lowest BCUT2D eigenvalue weighted by molar-refractivity contribution is 1.12. The first-order valence-electron chi connectivity index (χ1n) is 3.50. The Hall–Kier alpha value is 1.11. The molecule has 0 bridgehead atoms. The lowest BCUT2D eigenvalue weighted by Gasteiger charge is -2.26. The van der Waals surface area contributed by atoms with E-state index in [9.17, 15) is 0 Å². The second-order valence-electron chi connectivity index (χ2n) is 2.47. The molecule has 0 atom stereocenters. The predicted octanol–water partition coefficient (Wildman–Crippen LogP) is 2.67. The first-order chi connectivity index (χ1) is 6.24. The molecule has 0 fully saturated rings. The van der Waals surface area contributed by atoms with Crippen LogP contribution in [0.15, 0.2) is 13.5 Å². The zero-order valence-electron chi connectivity index (χ0n) is 7.59. The van der Waals surface area contributed by atoms with Crippen LogP contribution in [0.3, 0.4) is 0 Å². The number of nitrogens with two attached hydrogens (primary N) is 2. The first-order valence-corrected chi connectivity index (χ1v) is 10.5. The molecule has 14 heavy (non-hydrogen) atoms. The minimum absolute atomic E-state index is 1.69. The fourth-order valence-corrected chi connectivity index (χ4v) is 11.9. The number of halogens is 2. The monoisotopic (exact) mass is 297 g/mol. The number of rotatable bonds is 2. The molecule has 0 aromatic rings. The van der Waals surface area contributed by atoms with Crippen molar-refractivity contribution in [2.75, 3.05) is 14.1 Å². The fourth-order valence-electron chi connectivity index (χ4n) is 0.880. The lowest BCUT2D eigenvalue weighted by atomic mass is 11.6. The molecule has 1 aliphatic heterocycles. The highest BCUT2D eigenvalue weighted by Crippen LogP contribution is 2.76. The highest BCUT2D eigenvalue weighted by Gasteiger charge is 2.29. The van der Waals surface area contributed by atoms with E-state index in [1.807, 2.05) is 0 Å². The van der Waals surface area contributed by atoms with Crippen molar-refractivity contribution in [3.8, 4) is 0 Å². The summed E-state index contributed by atoms with van der Waals surface area (Å²) in [4.78, 5) is 0. The smallest absolute Gasteiger partial charge is 0.257 e. The zero-order chi connectivity index (χ0) is 11.0. The summed E-state index contributed by atoms with van der Waals surface area (Å²) in [6.07, 6.45) is 0. The van der Waals surface area contributed by atoms with Gasteiger partial charge in [0.2, 0.25) is 15.0 Å². The Morgan fingerprint density at radius 1 is 1.00 bits per heavy atom. The maximum absolute atomic E-state index is 5.90. The molecule has 7 nitrogen and oxygen atoms in total. The van der Waals surface area contributed by atoms with Gasteiger partial charge in [-0.1, -0.05) is 0 Å². The maximum atomic E-state index is 5.90. The van der Waals surface area contributed by atoms with Gasteiger partial charge in [0.05, 0.1) is 0 Å². The quantitative estimate of drug-likeness (QED) is 0.587. The topological polar surface area (TPSA) is 113 Å². The van der Waals surface area contributed by atoms with E-state index in [2.05, 4.69) is 23.7 Å². The van der Waals surface area contributed by atoms with E-state index >= 15 is 0 Å². The van der Waals surface area contributed by atoms with Crippen LogP contribution in [0.2, 0.25) is 0 Å². The predicted molar refractivity (Wildman–Crippen MR) is 66.2 cm³/mol. The van der Waals surface area contributed by atoms with E-state index in [1.54, 1.807) is 14.1 Å². The lowest BCUT2D eigenvalue weighted by Crippen LogP contribution is -2.16. The molecule has 0 saturated heterocycles.